The maximum atomic E-state index is 10.9. The summed E-state index contributed by atoms with van der Waals surface area (Å²) in [6, 6.07) is 0. The highest BCUT2D eigenvalue weighted by Gasteiger charge is 2.53. The summed E-state index contributed by atoms with van der Waals surface area (Å²) in [5, 5.41) is 18.6. The summed E-state index contributed by atoms with van der Waals surface area (Å²) in [7, 11) is 0. The Labute approximate surface area is 111 Å². The second-order valence-electron chi connectivity index (χ2n) is 5.71. The lowest BCUT2D eigenvalue weighted by Gasteiger charge is -2.24. The molecule has 0 aliphatic carbocycles. The Morgan fingerprint density at radius 1 is 1.16 bits per heavy atom. The predicted octanol–water partition coefficient (Wildman–Crippen LogP) is 0.103. The number of aliphatic hydroxyl groups excluding tert-OH is 1. The van der Waals surface area contributed by atoms with Gasteiger partial charge in [-0.05, 0) is 27.7 Å². The number of aliphatic carboxylic acids is 1. The highest BCUT2D eigenvalue weighted by molar-refractivity contribution is 5.73. The molecule has 0 aromatic rings. The van der Waals surface area contributed by atoms with Gasteiger partial charge in [0.25, 0.3) is 0 Å². The molecule has 0 radical (unpaired) electrons. The number of ether oxygens (including phenoxy) is 4. The smallest absolute Gasteiger partial charge is 0.335 e. The van der Waals surface area contributed by atoms with Gasteiger partial charge in [-0.3, -0.25) is 0 Å². The molecule has 0 amide bonds. The van der Waals surface area contributed by atoms with Gasteiger partial charge in [-0.2, -0.15) is 0 Å². The summed E-state index contributed by atoms with van der Waals surface area (Å²) in [6.45, 7) is 7.11. The van der Waals surface area contributed by atoms with E-state index < -0.39 is 42.0 Å². The molecule has 2 fully saturated rings. The van der Waals surface area contributed by atoms with E-state index in [1.807, 2.05) is 0 Å². The largest absolute Gasteiger partial charge is 0.479 e. The van der Waals surface area contributed by atoms with E-state index in [2.05, 4.69) is 0 Å². The molecule has 0 aromatic heterocycles. The van der Waals surface area contributed by atoms with Gasteiger partial charge in [-0.15, -0.1) is 0 Å². The van der Waals surface area contributed by atoms with E-state index in [-0.39, 0.29) is 6.61 Å². The first-order valence-corrected chi connectivity index (χ1v) is 6.20. The Balaban J connectivity index is 2.15. The molecule has 0 bridgehead atoms. The van der Waals surface area contributed by atoms with Crippen LogP contribution >= 0.6 is 0 Å². The fourth-order valence-corrected chi connectivity index (χ4v) is 2.37. The first-order chi connectivity index (χ1) is 8.61. The monoisotopic (exact) mass is 276 g/mol. The van der Waals surface area contributed by atoms with Gasteiger partial charge in [0.2, 0.25) is 0 Å². The van der Waals surface area contributed by atoms with E-state index in [1.54, 1.807) is 27.7 Å². The molecule has 2 heterocycles. The summed E-state index contributed by atoms with van der Waals surface area (Å²) < 4.78 is 22.2. The molecule has 7 nitrogen and oxygen atoms in total. The zero-order valence-corrected chi connectivity index (χ0v) is 11.5. The Hall–Kier alpha value is -0.730. The molecule has 0 saturated carbocycles. The van der Waals surface area contributed by atoms with Crippen LogP contribution in [0, 0.1) is 0 Å². The number of hydrogen-bond acceptors (Lipinski definition) is 6. The molecule has 110 valence electrons. The minimum absolute atomic E-state index is 0.264. The van der Waals surface area contributed by atoms with E-state index in [0.29, 0.717) is 0 Å². The summed E-state index contributed by atoms with van der Waals surface area (Å²) >= 11 is 0. The Morgan fingerprint density at radius 3 is 2.26 bits per heavy atom. The molecule has 2 rings (SSSR count). The van der Waals surface area contributed by atoms with Crippen LogP contribution in [0.2, 0.25) is 0 Å². The number of hydrogen-bond donors (Lipinski definition) is 2. The van der Waals surface area contributed by atoms with E-state index in [9.17, 15) is 9.90 Å². The lowest BCUT2D eigenvalue weighted by atomic mass is 10.0. The molecule has 2 aliphatic heterocycles. The van der Waals surface area contributed by atoms with E-state index in [1.165, 1.54) is 0 Å². The van der Waals surface area contributed by atoms with Crippen LogP contribution < -0.4 is 0 Å². The Morgan fingerprint density at radius 2 is 1.79 bits per heavy atom. The standard InChI is InChI=1S/C12H20O7/c1-11(2)16-5-6(17-11)8-9(7(13)10(14)15)19-12(3,4)18-8/h6-9,13H,5H2,1-4H3,(H,14,15). The summed E-state index contributed by atoms with van der Waals surface area (Å²) in [6.07, 6.45) is -3.83. The van der Waals surface area contributed by atoms with Gasteiger partial charge in [0.1, 0.15) is 18.3 Å². The van der Waals surface area contributed by atoms with Crippen molar-refractivity contribution in [2.75, 3.05) is 6.61 Å². The predicted molar refractivity (Wildman–Crippen MR) is 62.4 cm³/mol. The van der Waals surface area contributed by atoms with E-state index in [0.717, 1.165) is 0 Å². The van der Waals surface area contributed by atoms with Gasteiger partial charge in [-0.25, -0.2) is 4.79 Å². The third-order valence-electron chi connectivity index (χ3n) is 3.12. The van der Waals surface area contributed by atoms with Gasteiger partial charge in [-0.1, -0.05) is 0 Å². The second-order valence-corrected chi connectivity index (χ2v) is 5.71. The van der Waals surface area contributed by atoms with Crippen LogP contribution in [0.4, 0.5) is 0 Å². The SMILES string of the molecule is CC1(C)OCC(C2OC(C)(C)OC2C(O)C(=O)O)O1. The number of carbonyl (C=O) groups is 1. The van der Waals surface area contributed by atoms with Crippen molar-refractivity contribution >= 4 is 5.97 Å². The van der Waals surface area contributed by atoms with Crippen molar-refractivity contribution in [3.63, 3.8) is 0 Å². The van der Waals surface area contributed by atoms with E-state index >= 15 is 0 Å². The van der Waals surface area contributed by atoms with Crippen molar-refractivity contribution in [3.8, 4) is 0 Å². The number of carboxylic acids is 1. The molecular weight excluding hydrogens is 256 g/mol. The number of carboxylic acid groups (broad SMARTS) is 1. The third kappa shape index (κ3) is 3.06. The molecule has 0 aromatic carbocycles. The molecule has 2 aliphatic rings. The normalized spacial score (nSPS) is 38.3. The quantitative estimate of drug-likeness (QED) is 0.755. The average Bonchev–Trinajstić information content (AvgIpc) is 2.77. The van der Waals surface area contributed by atoms with E-state index in [4.69, 9.17) is 24.1 Å². The van der Waals surface area contributed by atoms with Crippen LogP contribution in [0.1, 0.15) is 27.7 Å². The fourth-order valence-electron chi connectivity index (χ4n) is 2.37. The second kappa shape index (κ2) is 4.68. The molecule has 4 unspecified atom stereocenters. The van der Waals surface area contributed by atoms with Crippen LogP contribution in [0.25, 0.3) is 0 Å². The highest BCUT2D eigenvalue weighted by Crippen LogP contribution is 2.36. The van der Waals surface area contributed by atoms with Crippen molar-refractivity contribution in [3.05, 3.63) is 0 Å². The van der Waals surface area contributed by atoms with Gasteiger partial charge in [0.05, 0.1) is 6.61 Å². The lowest BCUT2D eigenvalue weighted by Crippen LogP contribution is -2.46. The molecular formula is C12H20O7. The van der Waals surface area contributed by atoms with Crippen molar-refractivity contribution < 1.29 is 34.0 Å². The number of rotatable bonds is 3. The lowest BCUT2D eigenvalue weighted by molar-refractivity contribution is -0.176. The maximum absolute atomic E-state index is 10.9. The molecule has 4 atom stereocenters. The van der Waals surface area contributed by atoms with Crippen LogP contribution in [0.15, 0.2) is 0 Å². The molecule has 19 heavy (non-hydrogen) atoms. The molecule has 2 N–H and O–H groups in total. The first kappa shape index (κ1) is 14.7. The Bertz CT molecular complexity index is 365. The third-order valence-corrected chi connectivity index (χ3v) is 3.12. The van der Waals surface area contributed by atoms with Crippen molar-refractivity contribution in [2.45, 2.75) is 63.7 Å². The summed E-state index contributed by atoms with van der Waals surface area (Å²) in [5.74, 6) is -3.07. The fraction of sp³-hybridized carbons (Fsp3) is 0.917. The van der Waals surface area contributed by atoms with Gasteiger partial charge in [0, 0.05) is 0 Å². The van der Waals surface area contributed by atoms with Crippen molar-refractivity contribution in [1.82, 2.24) is 0 Å². The van der Waals surface area contributed by atoms with Crippen LogP contribution in [-0.2, 0) is 23.7 Å². The minimum atomic E-state index is -1.67. The zero-order valence-electron chi connectivity index (χ0n) is 11.5. The van der Waals surface area contributed by atoms with Crippen molar-refractivity contribution in [2.24, 2.45) is 0 Å². The zero-order chi connectivity index (χ0) is 14.4. The van der Waals surface area contributed by atoms with Crippen LogP contribution in [0.5, 0.6) is 0 Å². The highest BCUT2D eigenvalue weighted by atomic mass is 16.8. The summed E-state index contributed by atoms with van der Waals surface area (Å²) in [5.41, 5.74) is 0. The maximum Gasteiger partial charge on any atom is 0.335 e. The molecule has 0 spiro atoms. The minimum Gasteiger partial charge on any atom is -0.479 e. The molecule has 2 saturated heterocycles. The topological polar surface area (TPSA) is 94.5 Å². The van der Waals surface area contributed by atoms with Crippen molar-refractivity contribution in [1.29, 1.82) is 0 Å². The summed E-state index contributed by atoms with van der Waals surface area (Å²) in [4.78, 5) is 10.9. The first-order valence-electron chi connectivity index (χ1n) is 6.20. The van der Waals surface area contributed by atoms with Crippen LogP contribution in [-0.4, -0.2) is 58.8 Å². The van der Waals surface area contributed by atoms with Gasteiger partial charge < -0.3 is 29.2 Å². The number of aliphatic hydroxyl groups is 1. The Kier molecular flexibility index (Phi) is 3.61. The van der Waals surface area contributed by atoms with Gasteiger partial charge in [0.15, 0.2) is 17.7 Å². The van der Waals surface area contributed by atoms with Crippen LogP contribution in [0.3, 0.4) is 0 Å². The molecule has 7 heteroatoms. The van der Waals surface area contributed by atoms with Gasteiger partial charge >= 0.3 is 5.97 Å². The average molecular weight is 276 g/mol.